The maximum absolute atomic E-state index is 11.7. The number of hydrogen-bond acceptors (Lipinski definition) is 3. The van der Waals surface area contributed by atoms with Gasteiger partial charge in [-0.1, -0.05) is 49.4 Å². The second kappa shape index (κ2) is 7.43. The molecule has 0 aliphatic heterocycles. The monoisotopic (exact) mass is 285 g/mol. The smallest absolute Gasteiger partial charge is 0.310 e. The number of carbonyl (C=O) groups excluding carboxylic acids is 2. The van der Waals surface area contributed by atoms with E-state index in [4.69, 9.17) is 4.74 Å². The molecule has 0 spiro atoms. The van der Waals surface area contributed by atoms with Gasteiger partial charge >= 0.3 is 5.97 Å². The van der Waals surface area contributed by atoms with Crippen LogP contribution < -0.4 is 5.32 Å². The fourth-order valence-electron chi connectivity index (χ4n) is 2.03. The molecule has 2 aromatic rings. The highest BCUT2D eigenvalue weighted by Gasteiger charge is 2.08. The molecule has 0 fully saturated rings. The Morgan fingerprint density at radius 2 is 1.86 bits per heavy atom. The van der Waals surface area contributed by atoms with Gasteiger partial charge in [0.25, 0.3) is 5.91 Å². The van der Waals surface area contributed by atoms with Crippen molar-refractivity contribution in [1.82, 2.24) is 5.32 Å². The molecule has 2 aromatic carbocycles. The third-order valence-electron chi connectivity index (χ3n) is 3.10. The van der Waals surface area contributed by atoms with Gasteiger partial charge < -0.3 is 10.1 Å². The third-order valence-corrected chi connectivity index (χ3v) is 3.10. The molecule has 2 rings (SSSR count). The quantitative estimate of drug-likeness (QED) is 0.829. The van der Waals surface area contributed by atoms with Crippen LogP contribution in [0, 0.1) is 0 Å². The van der Waals surface area contributed by atoms with E-state index in [1.165, 1.54) is 0 Å². The summed E-state index contributed by atoms with van der Waals surface area (Å²) in [5.41, 5.74) is 0.882. The van der Waals surface area contributed by atoms with Crippen molar-refractivity contribution < 1.29 is 14.3 Å². The molecule has 0 heterocycles. The largest absolute Gasteiger partial charge is 0.455 e. The number of hydrogen-bond donors (Lipinski definition) is 1. The number of nitrogens with one attached hydrogen (secondary N) is 1. The Labute approximate surface area is 124 Å². The van der Waals surface area contributed by atoms with Gasteiger partial charge in [0.1, 0.15) is 0 Å². The van der Waals surface area contributed by atoms with Crippen LogP contribution in [0.15, 0.2) is 42.5 Å². The lowest BCUT2D eigenvalue weighted by molar-refractivity contribution is -0.147. The Kier molecular flexibility index (Phi) is 5.32. The van der Waals surface area contributed by atoms with Crippen LogP contribution >= 0.6 is 0 Å². The second-order valence-electron chi connectivity index (χ2n) is 4.87. The zero-order chi connectivity index (χ0) is 15.1. The molecule has 1 N–H and O–H groups in total. The highest BCUT2D eigenvalue weighted by atomic mass is 16.5. The molecular weight excluding hydrogens is 266 g/mol. The van der Waals surface area contributed by atoms with Crippen LogP contribution in [-0.4, -0.2) is 25.0 Å². The standard InChI is InChI=1S/C17H19NO3/c1-2-9-18-16(19)12-21-17(20)11-13-7-8-14-5-3-4-6-15(14)10-13/h3-8,10H,2,9,11-12H2,1H3,(H,18,19). The van der Waals surface area contributed by atoms with E-state index in [1.54, 1.807) is 0 Å². The predicted molar refractivity (Wildman–Crippen MR) is 81.9 cm³/mol. The number of amides is 1. The number of benzene rings is 2. The lowest BCUT2D eigenvalue weighted by Crippen LogP contribution is -2.29. The maximum atomic E-state index is 11.7. The van der Waals surface area contributed by atoms with Crippen LogP contribution in [0.1, 0.15) is 18.9 Å². The number of carbonyl (C=O) groups is 2. The number of ether oxygens (including phenoxy) is 1. The van der Waals surface area contributed by atoms with E-state index in [-0.39, 0.29) is 18.9 Å². The van der Waals surface area contributed by atoms with Crippen molar-refractivity contribution in [2.45, 2.75) is 19.8 Å². The highest BCUT2D eigenvalue weighted by Crippen LogP contribution is 2.16. The molecule has 0 saturated heterocycles. The zero-order valence-corrected chi connectivity index (χ0v) is 12.1. The number of fused-ring (bicyclic) bond motifs is 1. The molecule has 110 valence electrons. The summed E-state index contributed by atoms with van der Waals surface area (Å²) in [6.07, 6.45) is 1.03. The van der Waals surface area contributed by atoms with Crippen LogP contribution in [0.5, 0.6) is 0 Å². The Balaban J connectivity index is 1.88. The first kappa shape index (κ1) is 15.0. The molecule has 4 nitrogen and oxygen atoms in total. The normalized spacial score (nSPS) is 10.3. The number of esters is 1. The van der Waals surface area contributed by atoms with E-state index in [2.05, 4.69) is 5.32 Å². The van der Waals surface area contributed by atoms with Crippen LogP contribution in [0.4, 0.5) is 0 Å². The Hall–Kier alpha value is -2.36. The van der Waals surface area contributed by atoms with Gasteiger partial charge in [0.15, 0.2) is 6.61 Å². The van der Waals surface area contributed by atoms with Gasteiger partial charge in [-0.2, -0.15) is 0 Å². The van der Waals surface area contributed by atoms with Crippen LogP contribution in [0.25, 0.3) is 10.8 Å². The molecule has 21 heavy (non-hydrogen) atoms. The van der Waals surface area contributed by atoms with Crippen molar-refractivity contribution in [3.8, 4) is 0 Å². The van der Waals surface area contributed by atoms with Crippen LogP contribution in [0.3, 0.4) is 0 Å². The van der Waals surface area contributed by atoms with E-state index in [0.717, 1.165) is 22.8 Å². The molecular formula is C17H19NO3. The first-order valence-corrected chi connectivity index (χ1v) is 7.09. The van der Waals surface area contributed by atoms with E-state index >= 15 is 0 Å². The average Bonchev–Trinajstić information content (AvgIpc) is 2.50. The molecule has 0 aliphatic carbocycles. The summed E-state index contributed by atoms with van der Waals surface area (Å²) >= 11 is 0. The van der Waals surface area contributed by atoms with Gasteiger partial charge in [0.05, 0.1) is 6.42 Å². The summed E-state index contributed by atoms with van der Waals surface area (Å²) < 4.78 is 4.97. The van der Waals surface area contributed by atoms with Gasteiger partial charge in [-0.3, -0.25) is 9.59 Å². The predicted octanol–water partition coefficient (Wildman–Crippen LogP) is 2.45. The molecule has 1 amide bonds. The summed E-state index contributed by atoms with van der Waals surface area (Å²) in [5, 5.41) is 4.88. The molecule has 0 bridgehead atoms. The molecule has 0 radical (unpaired) electrons. The van der Waals surface area contributed by atoms with E-state index in [0.29, 0.717) is 6.54 Å². The number of rotatable bonds is 6. The van der Waals surface area contributed by atoms with Gasteiger partial charge in [-0.05, 0) is 22.8 Å². The van der Waals surface area contributed by atoms with E-state index in [9.17, 15) is 9.59 Å². The Bertz CT molecular complexity index is 637. The van der Waals surface area contributed by atoms with Crippen molar-refractivity contribution in [2.75, 3.05) is 13.2 Å². The summed E-state index contributed by atoms with van der Waals surface area (Å²) in [7, 11) is 0. The third kappa shape index (κ3) is 4.60. The molecule has 0 unspecified atom stereocenters. The zero-order valence-electron chi connectivity index (χ0n) is 12.1. The second-order valence-corrected chi connectivity index (χ2v) is 4.87. The minimum absolute atomic E-state index is 0.173. The lowest BCUT2D eigenvalue weighted by atomic mass is 10.1. The van der Waals surface area contributed by atoms with Crippen molar-refractivity contribution in [1.29, 1.82) is 0 Å². The molecule has 0 aromatic heterocycles. The lowest BCUT2D eigenvalue weighted by Gasteiger charge is -2.06. The SMILES string of the molecule is CCCNC(=O)COC(=O)Cc1ccc2ccccc2c1. The maximum Gasteiger partial charge on any atom is 0.310 e. The summed E-state index contributed by atoms with van der Waals surface area (Å²) in [6.45, 7) is 2.35. The minimum atomic E-state index is -0.392. The van der Waals surface area contributed by atoms with Crippen LogP contribution in [-0.2, 0) is 20.7 Å². The average molecular weight is 285 g/mol. The van der Waals surface area contributed by atoms with Gasteiger partial charge in [-0.15, -0.1) is 0 Å². The minimum Gasteiger partial charge on any atom is -0.455 e. The Morgan fingerprint density at radius 3 is 2.62 bits per heavy atom. The molecule has 0 atom stereocenters. The van der Waals surface area contributed by atoms with Crippen molar-refractivity contribution in [2.24, 2.45) is 0 Å². The first-order valence-electron chi connectivity index (χ1n) is 7.09. The first-order chi connectivity index (χ1) is 10.2. The molecule has 4 heteroatoms. The van der Waals surface area contributed by atoms with Crippen molar-refractivity contribution >= 4 is 22.6 Å². The topological polar surface area (TPSA) is 55.4 Å². The van der Waals surface area contributed by atoms with Crippen molar-refractivity contribution in [3.05, 3.63) is 48.0 Å². The van der Waals surface area contributed by atoms with E-state index < -0.39 is 5.97 Å². The van der Waals surface area contributed by atoms with Gasteiger partial charge in [-0.25, -0.2) is 0 Å². The summed E-state index contributed by atoms with van der Waals surface area (Å²) in [6, 6.07) is 13.8. The van der Waals surface area contributed by atoms with Crippen molar-refractivity contribution in [3.63, 3.8) is 0 Å². The highest BCUT2D eigenvalue weighted by molar-refractivity contribution is 5.85. The fraction of sp³-hybridized carbons (Fsp3) is 0.294. The molecule has 0 aliphatic rings. The summed E-state index contributed by atoms with van der Waals surface area (Å²) in [5.74, 6) is -0.652. The summed E-state index contributed by atoms with van der Waals surface area (Å²) in [4.78, 5) is 23.1. The van der Waals surface area contributed by atoms with E-state index in [1.807, 2.05) is 49.4 Å². The van der Waals surface area contributed by atoms with Gasteiger partial charge in [0, 0.05) is 6.54 Å². The Morgan fingerprint density at radius 1 is 1.10 bits per heavy atom. The van der Waals surface area contributed by atoms with Crippen LogP contribution in [0.2, 0.25) is 0 Å². The molecule has 0 saturated carbocycles. The van der Waals surface area contributed by atoms with Gasteiger partial charge in [0.2, 0.25) is 0 Å². The fourth-order valence-corrected chi connectivity index (χ4v) is 2.03.